The molecule has 2 heterocycles. The summed E-state index contributed by atoms with van der Waals surface area (Å²) in [6, 6.07) is 4.20. The number of carbonyl (C=O) groups is 1. The Hall–Kier alpha value is -0.470. The molecule has 0 aromatic carbocycles. The fourth-order valence-corrected chi connectivity index (χ4v) is 5.84. The Kier molecular flexibility index (Phi) is 8.14. The van der Waals surface area contributed by atoms with E-state index in [2.05, 4.69) is 50.1 Å². The van der Waals surface area contributed by atoms with Crippen molar-refractivity contribution in [2.45, 2.75) is 51.1 Å². The van der Waals surface area contributed by atoms with Crippen LogP contribution in [0.3, 0.4) is 0 Å². The van der Waals surface area contributed by atoms with Gasteiger partial charge in [-0.25, -0.2) is 0 Å². The van der Waals surface area contributed by atoms with Crippen molar-refractivity contribution in [3.05, 3.63) is 20.8 Å². The van der Waals surface area contributed by atoms with Crippen LogP contribution in [0.25, 0.3) is 0 Å². The molecule has 3 rings (SSSR count). The van der Waals surface area contributed by atoms with Gasteiger partial charge in [0.15, 0.2) is 0 Å². The molecule has 0 radical (unpaired) electrons. The maximum atomic E-state index is 12.7. The van der Waals surface area contributed by atoms with Gasteiger partial charge in [-0.1, -0.05) is 26.2 Å². The van der Waals surface area contributed by atoms with Gasteiger partial charge in [-0.05, 0) is 47.4 Å². The van der Waals surface area contributed by atoms with E-state index in [0.717, 1.165) is 49.7 Å². The number of hydrogen-bond acceptors (Lipinski definition) is 5. The van der Waals surface area contributed by atoms with E-state index in [9.17, 15) is 4.79 Å². The molecule has 0 spiro atoms. The van der Waals surface area contributed by atoms with Crippen LogP contribution in [0.1, 0.15) is 43.9 Å². The van der Waals surface area contributed by atoms with Crippen LogP contribution in [0.15, 0.2) is 15.9 Å². The smallest absolute Gasteiger partial charge is 0.234 e. The van der Waals surface area contributed by atoms with E-state index < -0.39 is 0 Å². The number of halogens is 1. The van der Waals surface area contributed by atoms with E-state index in [1.807, 2.05) is 0 Å². The third-order valence-corrected chi connectivity index (χ3v) is 7.51. The molecule has 152 valence electrons. The predicted octanol–water partition coefficient (Wildman–Crippen LogP) is 3.48. The van der Waals surface area contributed by atoms with Crippen LogP contribution in [0.4, 0.5) is 0 Å². The highest BCUT2D eigenvalue weighted by atomic mass is 79.9. The lowest BCUT2D eigenvalue weighted by Crippen LogP contribution is -2.60. The van der Waals surface area contributed by atoms with Gasteiger partial charge in [0.25, 0.3) is 0 Å². The number of hydrogen-bond donors (Lipinski definition) is 1. The highest BCUT2D eigenvalue weighted by Gasteiger charge is 2.38. The van der Waals surface area contributed by atoms with Gasteiger partial charge >= 0.3 is 0 Å². The summed E-state index contributed by atoms with van der Waals surface area (Å²) < 4.78 is 6.69. The van der Waals surface area contributed by atoms with Crippen LogP contribution in [-0.2, 0) is 16.1 Å². The SMILES string of the molecule is CCN(CC(=O)NCC1(N2CCOCC2)CCCCC1)Cc1ccc(Br)s1. The molecule has 1 aromatic heterocycles. The standard InChI is InChI=1S/C20H32BrN3O2S/c1-2-23(14-17-6-7-18(21)27-17)15-19(25)22-16-20(8-4-3-5-9-20)24-10-12-26-13-11-24/h6-7H,2-5,8-16H2,1H3,(H,22,25). The largest absolute Gasteiger partial charge is 0.379 e. The van der Waals surface area contributed by atoms with Gasteiger partial charge in [0.1, 0.15) is 0 Å². The fraction of sp³-hybridized carbons (Fsp3) is 0.750. The second-order valence-corrected chi connectivity index (χ2v) is 10.2. The van der Waals surface area contributed by atoms with E-state index in [4.69, 9.17) is 4.74 Å². The second kappa shape index (κ2) is 10.3. The number of carbonyl (C=O) groups excluding carboxylic acids is 1. The Morgan fingerprint density at radius 1 is 1.30 bits per heavy atom. The van der Waals surface area contributed by atoms with E-state index in [1.54, 1.807) is 11.3 Å². The van der Waals surface area contributed by atoms with E-state index in [-0.39, 0.29) is 11.4 Å². The van der Waals surface area contributed by atoms with Gasteiger partial charge in [-0.2, -0.15) is 0 Å². The Morgan fingerprint density at radius 3 is 2.67 bits per heavy atom. The number of morpholine rings is 1. The predicted molar refractivity (Wildman–Crippen MR) is 114 cm³/mol. The third kappa shape index (κ3) is 6.00. The maximum Gasteiger partial charge on any atom is 0.234 e. The molecule has 2 aliphatic rings. The molecule has 0 atom stereocenters. The second-order valence-electron chi connectivity index (χ2n) is 7.67. The van der Waals surface area contributed by atoms with Crippen LogP contribution in [0, 0.1) is 0 Å². The van der Waals surface area contributed by atoms with Gasteiger partial charge in [-0.3, -0.25) is 14.6 Å². The molecule has 1 saturated carbocycles. The van der Waals surface area contributed by atoms with Crippen molar-refractivity contribution in [3.8, 4) is 0 Å². The molecule has 1 aromatic rings. The summed E-state index contributed by atoms with van der Waals surface area (Å²) >= 11 is 5.25. The zero-order valence-electron chi connectivity index (χ0n) is 16.3. The van der Waals surface area contributed by atoms with Gasteiger partial charge in [-0.15, -0.1) is 11.3 Å². The Bertz CT molecular complexity index is 598. The Balaban J connectivity index is 1.53. The third-order valence-electron chi connectivity index (χ3n) is 5.90. The van der Waals surface area contributed by atoms with E-state index >= 15 is 0 Å². The summed E-state index contributed by atoms with van der Waals surface area (Å²) in [6.45, 7) is 8.66. The highest BCUT2D eigenvalue weighted by Crippen LogP contribution is 2.33. The molecule has 0 unspecified atom stereocenters. The van der Waals surface area contributed by atoms with Crippen molar-refractivity contribution in [1.29, 1.82) is 0 Å². The first kappa shape index (κ1) is 21.2. The molecule has 7 heteroatoms. The topological polar surface area (TPSA) is 44.8 Å². The molecule has 27 heavy (non-hydrogen) atoms. The monoisotopic (exact) mass is 457 g/mol. The quantitative estimate of drug-likeness (QED) is 0.648. The molecular weight excluding hydrogens is 426 g/mol. The van der Waals surface area contributed by atoms with Crippen LogP contribution in [-0.4, -0.2) is 67.2 Å². The van der Waals surface area contributed by atoms with Crippen LogP contribution >= 0.6 is 27.3 Å². The van der Waals surface area contributed by atoms with Gasteiger partial charge in [0.2, 0.25) is 5.91 Å². The molecule has 1 amide bonds. The summed E-state index contributed by atoms with van der Waals surface area (Å²) in [4.78, 5) is 18.7. The van der Waals surface area contributed by atoms with Crippen molar-refractivity contribution in [3.63, 3.8) is 0 Å². The zero-order valence-corrected chi connectivity index (χ0v) is 18.7. The minimum Gasteiger partial charge on any atom is -0.379 e. The van der Waals surface area contributed by atoms with E-state index in [1.165, 1.54) is 37.0 Å². The number of rotatable bonds is 8. The molecule has 1 N–H and O–H groups in total. The minimum atomic E-state index is 0.132. The molecule has 0 bridgehead atoms. The molecule has 2 fully saturated rings. The van der Waals surface area contributed by atoms with Crippen molar-refractivity contribution in [1.82, 2.24) is 15.1 Å². The summed E-state index contributed by atoms with van der Waals surface area (Å²) in [5, 5.41) is 3.28. The van der Waals surface area contributed by atoms with E-state index in [0.29, 0.717) is 6.54 Å². The number of thiophene rings is 1. The Morgan fingerprint density at radius 2 is 2.04 bits per heavy atom. The first-order chi connectivity index (χ1) is 13.1. The average Bonchev–Trinajstić information content (AvgIpc) is 3.12. The first-order valence-corrected chi connectivity index (χ1v) is 11.8. The molecule has 1 aliphatic carbocycles. The number of nitrogens with zero attached hydrogens (tertiary/aromatic N) is 2. The van der Waals surface area contributed by atoms with Crippen LogP contribution < -0.4 is 5.32 Å². The lowest BCUT2D eigenvalue weighted by Gasteiger charge is -2.48. The highest BCUT2D eigenvalue weighted by molar-refractivity contribution is 9.11. The summed E-state index contributed by atoms with van der Waals surface area (Å²) in [6.07, 6.45) is 6.23. The molecular formula is C20H32BrN3O2S. The number of amides is 1. The first-order valence-electron chi connectivity index (χ1n) is 10.2. The maximum absolute atomic E-state index is 12.7. The normalized spacial score (nSPS) is 20.7. The number of likely N-dealkylation sites (N-methyl/N-ethyl adjacent to an activating group) is 1. The summed E-state index contributed by atoms with van der Waals surface area (Å²) in [7, 11) is 0. The number of ether oxygens (including phenoxy) is 1. The summed E-state index contributed by atoms with van der Waals surface area (Å²) in [5.41, 5.74) is 0.132. The van der Waals surface area contributed by atoms with Gasteiger partial charge < -0.3 is 10.1 Å². The average molecular weight is 458 g/mol. The van der Waals surface area contributed by atoms with Crippen molar-refractivity contribution in [2.75, 3.05) is 45.9 Å². The number of nitrogens with one attached hydrogen (secondary N) is 1. The lowest BCUT2D eigenvalue weighted by molar-refractivity contribution is -0.123. The Labute approximate surface area is 175 Å². The molecule has 1 aliphatic heterocycles. The minimum absolute atomic E-state index is 0.132. The molecule has 5 nitrogen and oxygen atoms in total. The van der Waals surface area contributed by atoms with Crippen molar-refractivity contribution in [2.24, 2.45) is 0 Å². The lowest BCUT2D eigenvalue weighted by atomic mass is 9.79. The van der Waals surface area contributed by atoms with Crippen LogP contribution in [0.2, 0.25) is 0 Å². The molecule has 1 saturated heterocycles. The fourth-order valence-electron chi connectivity index (χ4n) is 4.31. The van der Waals surface area contributed by atoms with Gasteiger partial charge in [0, 0.05) is 36.6 Å². The zero-order chi connectivity index (χ0) is 19.1. The summed E-state index contributed by atoms with van der Waals surface area (Å²) in [5.74, 6) is 0.144. The van der Waals surface area contributed by atoms with Crippen molar-refractivity contribution >= 4 is 33.2 Å². The van der Waals surface area contributed by atoms with Gasteiger partial charge in [0.05, 0.1) is 23.5 Å². The van der Waals surface area contributed by atoms with Crippen LogP contribution in [0.5, 0.6) is 0 Å². The van der Waals surface area contributed by atoms with Crippen molar-refractivity contribution < 1.29 is 9.53 Å².